The van der Waals surface area contributed by atoms with E-state index in [2.05, 4.69) is 10.2 Å². The van der Waals surface area contributed by atoms with Gasteiger partial charge in [-0.15, -0.1) is 0 Å². The number of hydrogen-bond donors (Lipinski definition) is 1. The minimum absolute atomic E-state index is 0.298. The third kappa shape index (κ3) is 2.54. The zero-order valence-corrected chi connectivity index (χ0v) is 12.0. The number of carbonyl (C=O) groups excluding carboxylic acids is 1. The number of benzene rings is 1. The molecule has 0 atom stereocenters. The fourth-order valence-electron chi connectivity index (χ4n) is 2.25. The molecule has 5 nitrogen and oxygen atoms in total. The molecule has 0 unspecified atom stereocenters. The summed E-state index contributed by atoms with van der Waals surface area (Å²) in [6.07, 6.45) is 1.30. The van der Waals surface area contributed by atoms with Crippen molar-refractivity contribution >= 4 is 17.0 Å². The number of hydrogen-bond acceptors (Lipinski definition) is 3. The van der Waals surface area contributed by atoms with E-state index in [0.29, 0.717) is 12.5 Å². The first kappa shape index (κ1) is 13.4. The lowest BCUT2D eigenvalue weighted by Gasteiger charge is -2.11. The zero-order chi connectivity index (χ0) is 14.8. The second kappa shape index (κ2) is 5.44. The largest absolute Gasteiger partial charge is 0.449 e. The summed E-state index contributed by atoms with van der Waals surface area (Å²) in [6, 6.07) is 11.5. The van der Waals surface area contributed by atoms with Crippen molar-refractivity contribution in [3.63, 3.8) is 0 Å². The van der Waals surface area contributed by atoms with Crippen LogP contribution in [0.4, 0.5) is 4.79 Å². The van der Waals surface area contributed by atoms with Gasteiger partial charge in [-0.2, -0.15) is 5.10 Å². The van der Waals surface area contributed by atoms with Crippen molar-refractivity contribution < 1.29 is 9.53 Å². The van der Waals surface area contributed by atoms with Gasteiger partial charge in [0.2, 0.25) is 0 Å². The van der Waals surface area contributed by atoms with Gasteiger partial charge >= 0.3 is 6.09 Å². The fraction of sp³-hybridized carbons (Fsp3) is 0.250. The van der Waals surface area contributed by atoms with Crippen molar-refractivity contribution in [2.45, 2.75) is 13.8 Å². The van der Waals surface area contributed by atoms with Crippen molar-refractivity contribution in [2.24, 2.45) is 5.92 Å². The molecule has 0 aliphatic carbocycles. The maximum Gasteiger partial charge on any atom is 0.419 e. The fourth-order valence-corrected chi connectivity index (χ4v) is 2.25. The van der Waals surface area contributed by atoms with Crippen molar-refractivity contribution in [3.8, 4) is 11.4 Å². The Labute approximate surface area is 122 Å². The number of para-hydroxylation sites is 1. The quantitative estimate of drug-likeness (QED) is 0.797. The van der Waals surface area contributed by atoms with E-state index in [4.69, 9.17) is 4.74 Å². The molecule has 2 aromatic heterocycles. The van der Waals surface area contributed by atoms with Gasteiger partial charge in [0.1, 0.15) is 0 Å². The molecule has 21 heavy (non-hydrogen) atoms. The second-order valence-corrected chi connectivity index (χ2v) is 5.36. The highest BCUT2D eigenvalue weighted by molar-refractivity contribution is 5.95. The molecule has 1 aromatic carbocycles. The summed E-state index contributed by atoms with van der Waals surface area (Å²) in [5, 5.41) is 7.84. The van der Waals surface area contributed by atoms with E-state index >= 15 is 0 Å². The van der Waals surface area contributed by atoms with Crippen molar-refractivity contribution in [2.75, 3.05) is 6.61 Å². The lowest BCUT2D eigenvalue weighted by molar-refractivity contribution is 0.136. The second-order valence-electron chi connectivity index (χ2n) is 5.36. The molecule has 0 aliphatic heterocycles. The number of aromatic amines is 1. The van der Waals surface area contributed by atoms with Gasteiger partial charge in [0.25, 0.3) is 0 Å². The van der Waals surface area contributed by atoms with Gasteiger partial charge in [0, 0.05) is 11.6 Å². The van der Waals surface area contributed by atoms with E-state index in [1.807, 2.05) is 50.2 Å². The Morgan fingerprint density at radius 1 is 1.33 bits per heavy atom. The van der Waals surface area contributed by atoms with Crippen LogP contribution in [-0.2, 0) is 4.74 Å². The van der Waals surface area contributed by atoms with Crippen LogP contribution in [0.2, 0.25) is 0 Å². The van der Waals surface area contributed by atoms with Crippen molar-refractivity contribution in [1.82, 2.24) is 14.8 Å². The lowest BCUT2D eigenvalue weighted by atomic mass is 10.2. The molecule has 3 rings (SSSR count). The molecule has 0 amide bonds. The van der Waals surface area contributed by atoms with Crippen molar-refractivity contribution in [1.29, 1.82) is 0 Å². The number of fused-ring (bicyclic) bond motifs is 1. The number of ether oxygens (including phenoxy) is 1. The predicted molar refractivity (Wildman–Crippen MR) is 81.1 cm³/mol. The number of nitrogens with zero attached hydrogens (tertiary/aromatic N) is 2. The predicted octanol–water partition coefficient (Wildman–Crippen LogP) is 3.67. The molecule has 0 spiro atoms. The third-order valence-corrected chi connectivity index (χ3v) is 3.21. The van der Waals surface area contributed by atoms with E-state index in [9.17, 15) is 4.79 Å². The first-order valence-electron chi connectivity index (χ1n) is 6.94. The van der Waals surface area contributed by atoms with Crippen LogP contribution in [0.5, 0.6) is 0 Å². The van der Waals surface area contributed by atoms with Gasteiger partial charge < -0.3 is 4.74 Å². The minimum atomic E-state index is -0.366. The van der Waals surface area contributed by atoms with E-state index in [1.165, 1.54) is 0 Å². The molecule has 0 fully saturated rings. The third-order valence-electron chi connectivity index (χ3n) is 3.21. The number of aromatic nitrogens is 3. The maximum absolute atomic E-state index is 12.4. The van der Waals surface area contributed by atoms with Gasteiger partial charge in [-0.3, -0.25) is 5.10 Å². The van der Waals surface area contributed by atoms with E-state index in [0.717, 1.165) is 22.3 Å². The van der Waals surface area contributed by atoms with E-state index in [1.54, 1.807) is 10.8 Å². The molecule has 0 radical (unpaired) electrons. The molecule has 108 valence electrons. The van der Waals surface area contributed by atoms with E-state index in [-0.39, 0.29) is 6.09 Å². The first-order chi connectivity index (χ1) is 10.2. The first-order valence-corrected chi connectivity index (χ1v) is 6.94. The van der Waals surface area contributed by atoms with Crippen LogP contribution in [-0.4, -0.2) is 27.5 Å². The van der Waals surface area contributed by atoms with Gasteiger partial charge in [-0.05, 0) is 24.1 Å². The van der Waals surface area contributed by atoms with Crippen LogP contribution in [0.3, 0.4) is 0 Å². The SMILES string of the molecule is CC(C)COC(=O)n1c(-c2ccn[nH]2)cc2ccccc21. The Morgan fingerprint density at radius 2 is 2.14 bits per heavy atom. The highest BCUT2D eigenvalue weighted by Gasteiger charge is 2.18. The molecular formula is C16H17N3O2. The summed E-state index contributed by atoms with van der Waals surface area (Å²) in [5.41, 5.74) is 2.37. The van der Waals surface area contributed by atoms with Crippen LogP contribution in [0.1, 0.15) is 13.8 Å². The molecule has 5 heteroatoms. The average molecular weight is 283 g/mol. The van der Waals surface area contributed by atoms with Crippen LogP contribution < -0.4 is 0 Å². The topological polar surface area (TPSA) is 59.9 Å². The van der Waals surface area contributed by atoms with Gasteiger partial charge in [-0.25, -0.2) is 9.36 Å². The van der Waals surface area contributed by atoms with Gasteiger partial charge in [0.05, 0.1) is 23.5 Å². The van der Waals surface area contributed by atoms with Crippen LogP contribution in [0, 0.1) is 5.92 Å². The highest BCUT2D eigenvalue weighted by Crippen LogP contribution is 2.27. The molecule has 3 aromatic rings. The summed E-state index contributed by atoms with van der Waals surface area (Å²) in [5.74, 6) is 0.298. The van der Waals surface area contributed by atoms with Gasteiger partial charge in [-0.1, -0.05) is 32.0 Å². The van der Waals surface area contributed by atoms with Crippen LogP contribution >= 0.6 is 0 Å². The Morgan fingerprint density at radius 3 is 2.86 bits per heavy atom. The molecule has 0 bridgehead atoms. The Bertz CT molecular complexity index is 757. The Hall–Kier alpha value is -2.56. The lowest BCUT2D eigenvalue weighted by Crippen LogP contribution is -2.17. The zero-order valence-electron chi connectivity index (χ0n) is 12.0. The smallest absolute Gasteiger partial charge is 0.419 e. The summed E-state index contributed by atoms with van der Waals surface area (Å²) in [6.45, 7) is 4.42. The van der Waals surface area contributed by atoms with Gasteiger partial charge in [0.15, 0.2) is 0 Å². The minimum Gasteiger partial charge on any atom is -0.449 e. The number of carbonyl (C=O) groups is 1. The summed E-state index contributed by atoms with van der Waals surface area (Å²) < 4.78 is 6.97. The molecule has 2 heterocycles. The summed E-state index contributed by atoms with van der Waals surface area (Å²) >= 11 is 0. The highest BCUT2D eigenvalue weighted by atomic mass is 16.5. The number of H-pyrrole nitrogens is 1. The monoisotopic (exact) mass is 283 g/mol. The van der Waals surface area contributed by atoms with E-state index < -0.39 is 0 Å². The average Bonchev–Trinajstić information content (AvgIpc) is 3.11. The summed E-state index contributed by atoms with van der Waals surface area (Å²) in [7, 11) is 0. The molecule has 0 saturated heterocycles. The summed E-state index contributed by atoms with van der Waals surface area (Å²) in [4.78, 5) is 12.4. The molecular weight excluding hydrogens is 266 g/mol. The maximum atomic E-state index is 12.4. The van der Waals surface area contributed by atoms with Crippen molar-refractivity contribution in [3.05, 3.63) is 42.6 Å². The van der Waals surface area contributed by atoms with Crippen LogP contribution in [0.15, 0.2) is 42.6 Å². The Balaban J connectivity index is 2.10. The number of rotatable bonds is 3. The molecule has 1 N–H and O–H groups in total. The standard InChI is InChI=1S/C16H17N3O2/c1-11(2)10-21-16(20)19-14-6-4-3-5-12(14)9-15(19)13-7-8-17-18-13/h3-9,11H,10H2,1-2H3,(H,17,18). The Kier molecular flexibility index (Phi) is 3.48. The number of nitrogens with one attached hydrogen (secondary N) is 1. The molecule has 0 saturated carbocycles. The van der Waals surface area contributed by atoms with Crippen LogP contribution in [0.25, 0.3) is 22.3 Å². The molecule has 0 aliphatic rings. The normalized spacial score (nSPS) is 11.2.